The van der Waals surface area contributed by atoms with Crippen LogP contribution in [0.15, 0.2) is 103 Å². The maximum Gasteiger partial charge on any atom is 0.0386 e. The molecular weight excluding hydrogens is 338 g/mol. The Kier molecular flexibility index (Phi) is 5.53. The van der Waals surface area contributed by atoms with Crippen molar-refractivity contribution in [1.29, 1.82) is 0 Å². The zero-order valence-electron chi connectivity index (χ0n) is 16.0. The number of hydrogen-bond acceptors (Lipinski definition) is 1. The molecule has 0 fully saturated rings. The molecular formula is C27H25N. The molecule has 0 aliphatic rings. The summed E-state index contributed by atoms with van der Waals surface area (Å²) in [7, 11) is 0. The first-order chi connectivity index (χ1) is 13.8. The van der Waals surface area contributed by atoms with Crippen molar-refractivity contribution in [3.63, 3.8) is 0 Å². The van der Waals surface area contributed by atoms with Crippen molar-refractivity contribution in [3.8, 4) is 0 Å². The second kappa shape index (κ2) is 8.58. The van der Waals surface area contributed by atoms with Gasteiger partial charge in [-0.3, -0.25) is 0 Å². The molecule has 4 rings (SSSR count). The van der Waals surface area contributed by atoms with Gasteiger partial charge in [0.05, 0.1) is 0 Å². The van der Waals surface area contributed by atoms with Gasteiger partial charge in [-0.15, -0.1) is 0 Å². The quantitative estimate of drug-likeness (QED) is 0.415. The van der Waals surface area contributed by atoms with Crippen molar-refractivity contribution < 1.29 is 0 Å². The summed E-state index contributed by atoms with van der Waals surface area (Å²) in [4.78, 5) is 0. The van der Waals surface area contributed by atoms with Gasteiger partial charge in [-0.1, -0.05) is 103 Å². The van der Waals surface area contributed by atoms with Crippen molar-refractivity contribution >= 4 is 5.69 Å². The molecule has 0 spiro atoms. The van der Waals surface area contributed by atoms with Crippen LogP contribution in [-0.4, -0.2) is 0 Å². The largest absolute Gasteiger partial charge is 0.398 e. The number of hydrogen-bond donors (Lipinski definition) is 1. The summed E-state index contributed by atoms with van der Waals surface area (Å²) < 4.78 is 0. The van der Waals surface area contributed by atoms with Crippen LogP contribution < -0.4 is 5.73 Å². The molecule has 0 amide bonds. The smallest absolute Gasteiger partial charge is 0.0386 e. The summed E-state index contributed by atoms with van der Waals surface area (Å²) in [5.41, 5.74) is 15.2. The predicted octanol–water partition coefficient (Wildman–Crippen LogP) is 6.04. The molecule has 1 heteroatoms. The molecule has 0 heterocycles. The molecule has 0 atom stereocenters. The Morgan fingerprint density at radius 1 is 0.429 bits per heavy atom. The number of benzene rings is 4. The first-order valence-electron chi connectivity index (χ1n) is 9.80. The third-order valence-electron chi connectivity index (χ3n) is 5.14. The summed E-state index contributed by atoms with van der Waals surface area (Å²) in [6.07, 6.45) is 2.64. The average Bonchev–Trinajstić information content (AvgIpc) is 2.74. The van der Waals surface area contributed by atoms with Gasteiger partial charge in [-0.2, -0.15) is 0 Å². The Balaban J connectivity index is 1.71. The second-order valence-electron chi connectivity index (χ2n) is 7.31. The lowest BCUT2D eigenvalue weighted by Gasteiger charge is -2.15. The highest BCUT2D eigenvalue weighted by Crippen LogP contribution is 2.27. The highest BCUT2D eigenvalue weighted by molar-refractivity contribution is 5.58. The minimum Gasteiger partial charge on any atom is -0.398 e. The van der Waals surface area contributed by atoms with Gasteiger partial charge in [0.25, 0.3) is 0 Å². The third kappa shape index (κ3) is 4.50. The van der Waals surface area contributed by atoms with Crippen LogP contribution >= 0.6 is 0 Å². The summed E-state index contributed by atoms with van der Waals surface area (Å²) in [6, 6.07) is 36.3. The van der Waals surface area contributed by atoms with Crippen molar-refractivity contribution in [2.75, 3.05) is 5.73 Å². The molecule has 0 unspecified atom stereocenters. The van der Waals surface area contributed by atoms with Crippen LogP contribution in [0.3, 0.4) is 0 Å². The van der Waals surface area contributed by atoms with Crippen LogP contribution in [0.5, 0.6) is 0 Å². The number of anilines is 1. The Bertz CT molecular complexity index is 959. The minimum atomic E-state index is 0.858. The van der Waals surface area contributed by atoms with E-state index in [9.17, 15) is 0 Å². The average molecular weight is 364 g/mol. The lowest BCUT2D eigenvalue weighted by atomic mass is 9.92. The Morgan fingerprint density at radius 2 is 0.786 bits per heavy atom. The molecule has 0 saturated carbocycles. The van der Waals surface area contributed by atoms with Gasteiger partial charge in [-0.25, -0.2) is 0 Å². The summed E-state index contributed by atoms with van der Waals surface area (Å²) >= 11 is 0. The molecule has 0 radical (unpaired) electrons. The van der Waals surface area contributed by atoms with Gasteiger partial charge in [0.15, 0.2) is 0 Å². The monoisotopic (exact) mass is 363 g/mol. The van der Waals surface area contributed by atoms with Gasteiger partial charge in [-0.05, 0) is 52.6 Å². The molecule has 1 nitrogen and oxygen atoms in total. The summed E-state index contributed by atoms with van der Waals surface area (Å²) in [5, 5.41) is 0. The predicted molar refractivity (Wildman–Crippen MR) is 119 cm³/mol. The maximum absolute atomic E-state index is 6.64. The zero-order chi connectivity index (χ0) is 19.2. The van der Waals surface area contributed by atoms with E-state index in [0.29, 0.717) is 0 Å². The molecule has 0 saturated heterocycles. The Labute approximate surface area is 167 Å². The third-order valence-corrected chi connectivity index (χ3v) is 5.14. The van der Waals surface area contributed by atoms with Crippen LogP contribution in [0.1, 0.15) is 33.4 Å². The number of rotatable bonds is 6. The van der Waals surface area contributed by atoms with Crippen LogP contribution in [0, 0.1) is 0 Å². The normalized spacial score (nSPS) is 10.7. The van der Waals surface area contributed by atoms with Crippen molar-refractivity contribution in [1.82, 2.24) is 0 Å². The number of nitrogen functional groups attached to an aromatic ring is 1. The van der Waals surface area contributed by atoms with Crippen LogP contribution in [0.2, 0.25) is 0 Å². The molecule has 28 heavy (non-hydrogen) atoms. The highest BCUT2D eigenvalue weighted by atomic mass is 14.6. The maximum atomic E-state index is 6.64. The van der Waals surface area contributed by atoms with Gasteiger partial charge in [0.2, 0.25) is 0 Å². The molecule has 4 aromatic rings. The lowest BCUT2D eigenvalue weighted by Crippen LogP contribution is -2.04. The fourth-order valence-corrected chi connectivity index (χ4v) is 3.71. The van der Waals surface area contributed by atoms with E-state index in [2.05, 4.69) is 103 Å². The molecule has 2 N–H and O–H groups in total. The Morgan fingerprint density at radius 3 is 1.18 bits per heavy atom. The summed E-state index contributed by atoms with van der Waals surface area (Å²) in [5.74, 6) is 0. The van der Waals surface area contributed by atoms with Gasteiger partial charge in [0.1, 0.15) is 0 Å². The molecule has 0 aliphatic carbocycles. The van der Waals surface area contributed by atoms with Crippen LogP contribution in [-0.2, 0) is 19.3 Å². The van der Waals surface area contributed by atoms with Crippen LogP contribution in [0.4, 0.5) is 5.69 Å². The van der Waals surface area contributed by atoms with Crippen molar-refractivity contribution in [2.24, 2.45) is 0 Å². The first-order valence-corrected chi connectivity index (χ1v) is 9.80. The topological polar surface area (TPSA) is 26.0 Å². The van der Waals surface area contributed by atoms with E-state index in [4.69, 9.17) is 5.73 Å². The van der Waals surface area contributed by atoms with E-state index >= 15 is 0 Å². The highest BCUT2D eigenvalue weighted by Gasteiger charge is 2.11. The molecule has 0 aromatic heterocycles. The number of nitrogens with two attached hydrogens (primary N) is 1. The first kappa shape index (κ1) is 18.1. The molecule has 4 aromatic carbocycles. The van der Waals surface area contributed by atoms with Gasteiger partial charge >= 0.3 is 0 Å². The fraction of sp³-hybridized carbons (Fsp3) is 0.111. The van der Waals surface area contributed by atoms with E-state index in [-0.39, 0.29) is 0 Å². The van der Waals surface area contributed by atoms with Gasteiger partial charge < -0.3 is 5.73 Å². The fourth-order valence-electron chi connectivity index (χ4n) is 3.71. The van der Waals surface area contributed by atoms with Gasteiger partial charge in [0, 0.05) is 5.69 Å². The van der Waals surface area contributed by atoms with E-state index < -0.39 is 0 Å². The Hall–Kier alpha value is -3.32. The van der Waals surface area contributed by atoms with Crippen LogP contribution in [0.25, 0.3) is 0 Å². The standard InChI is InChI=1S/C27H25N/c28-27-25(17-22-12-6-2-7-13-22)19-24(16-21-10-4-1-5-11-21)20-26(27)18-23-14-8-3-9-15-23/h1-15,19-20H,16-18,28H2. The van der Waals surface area contributed by atoms with E-state index in [1.807, 2.05) is 0 Å². The van der Waals surface area contributed by atoms with Crippen molar-refractivity contribution in [2.45, 2.75) is 19.3 Å². The molecule has 0 aliphatic heterocycles. The lowest BCUT2D eigenvalue weighted by molar-refractivity contribution is 1.10. The van der Waals surface area contributed by atoms with E-state index in [1.54, 1.807) is 0 Å². The van der Waals surface area contributed by atoms with Crippen molar-refractivity contribution in [3.05, 3.63) is 137 Å². The zero-order valence-corrected chi connectivity index (χ0v) is 16.0. The molecule has 0 bridgehead atoms. The summed E-state index contributed by atoms with van der Waals surface area (Å²) in [6.45, 7) is 0. The van der Waals surface area contributed by atoms with E-state index in [0.717, 1.165) is 24.9 Å². The molecule has 138 valence electrons. The SMILES string of the molecule is Nc1c(Cc2ccccc2)cc(Cc2ccccc2)cc1Cc1ccccc1. The second-order valence-corrected chi connectivity index (χ2v) is 7.31. The van der Waals surface area contributed by atoms with E-state index in [1.165, 1.54) is 33.4 Å². The minimum absolute atomic E-state index is 0.858.